The Morgan fingerprint density at radius 1 is 0.392 bits per heavy atom. The zero-order valence-corrected chi connectivity index (χ0v) is 30.2. The minimum Gasteiger partial charge on any atom is -0.493 e. The Bertz CT molecular complexity index is 2050. The summed E-state index contributed by atoms with van der Waals surface area (Å²) >= 11 is 18.2. The van der Waals surface area contributed by atoms with Gasteiger partial charge in [-0.1, -0.05) is 150 Å². The second-order valence-corrected chi connectivity index (χ2v) is 12.0. The molecule has 0 saturated heterocycles. The summed E-state index contributed by atoms with van der Waals surface area (Å²) in [5.74, 6) is 1.10. The van der Waals surface area contributed by atoms with Gasteiger partial charge in [-0.2, -0.15) is 0 Å². The molecule has 6 nitrogen and oxygen atoms in total. The lowest BCUT2D eigenvalue weighted by molar-refractivity contribution is 0.355. The third kappa shape index (κ3) is 10.2. The first-order valence-corrected chi connectivity index (χ1v) is 16.7. The number of rotatable bonds is 9. The Morgan fingerprint density at radius 2 is 0.784 bits per heavy atom. The van der Waals surface area contributed by atoms with Crippen LogP contribution in [0.5, 0.6) is 11.5 Å². The highest BCUT2D eigenvalue weighted by Gasteiger charge is 2.15. The molecule has 0 radical (unpaired) electrons. The van der Waals surface area contributed by atoms with E-state index in [0.717, 1.165) is 32.3 Å². The van der Waals surface area contributed by atoms with Crippen LogP contribution in [0.4, 0.5) is 0 Å². The van der Waals surface area contributed by atoms with Crippen molar-refractivity contribution in [2.75, 3.05) is 14.2 Å². The zero-order valence-electron chi connectivity index (χ0n) is 27.9. The second-order valence-electron chi connectivity index (χ2n) is 10.7. The van der Waals surface area contributed by atoms with Crippen molar-refractivity contribution in [2.45, 2.75) is 0 Å². The lowest BCUT2D eigenvalue weighted by atomic mass is 9.99. The van der Waals surface area contributed by atoms with Gasteiger partial charge in [0.25, 0.3) is 0 Å². The molecule has 0 aliphatic carbocycles. The fourth-order valence-corrected chi connectivity index (χ4v) is 5.50. The number of hydrogen-bond acceptors (Lipinski definition) is 6. The van der Waals surface area contributed by atoms with Crippen molar-refractivity contribution in [3.8, 4) is 22.6 Å². The average molecular weight is 734 g/mol. The molecule has 0 aliphatic rings. The van der Waals surface area contributed by atoms with E-state index in [0.29, 0.717) is 27.6 Å². The first-order chi connectivity index (χ1) is 24.7. The van der Waals surface area contributed by atoms with E-state index < -0.39 is 0 Å². The summed E-state index contributed by atoms with van der Waals surface area (Å²) in [7, 11) is 3.08. The Kier molecular flexibility index (Phi) is 14.3. The van der Waals surface area contributed by atoms with Gasteiger partial charge in [0.2, 0.25) is 0 Å². The fourth-order valence-electron chi connectivity index (χ4n) is 4.79. The van der Waals surface area contributed by atoms with Crippen LogP contribution < -0.4 is 9.47 Å². The van der Waals surface area contributed by atoms with Crippen molar-refractivity contribution in [2.24, 2.45) is 0 Å². The van der Waals surface area contributed by atoms with E-state index in [1.165, 1.54) is 7.11 Å². The van der Waals surface area contributed by atoms with Gasteiger partial charge in [0.1, 0.15) is 0 Å². The molecular formula is C42H35Cl3N4O2. The maximum Gasteiger partial charge on any atom is 0.161 e. The molecule has 4 N–H and O–H groups in total. The van der Waals surface area contributed by atoms with Crippen molar-refractivity contribution < 1.29 is 9.47 Å². The smallest absolute Gasteiger partial charge is 0.161 e. The number of ether oxygens (including phenoxy) is 2. The fraction of sp³-hybridized carbons (Fsp3) is 0.0476. The van der Waals surface area contributed by atoms with Crippen LogP contribution in [0.3, 0.4) is 0 Å². The molecule has 6 aromatic rings. The quantitative estimate of drug-likeness (QED) is 0.111. The maximum absolute atomic E-state index is 8.19. The summed E-state index contributed by atoms with van der Waals surface area (Å²) in [5, 5.41) is 34.1. The lowest BCUT2D eigenvalue weighted by Gasteiger charge is -2.11. The van der Waals surface area contributed by atoms with Crippen molar-refractivity contribution in [1.82, 2.24) is 0 Å². The van der Waals surface area contributed by atoms with E-state index >= 15 is 0 Å². The summed E-state index contributed by atoms with van der Waals surface area (Å²) < 4.78 is 10.4. The molecule has 9 heteroatoms. The van der Waals surface area contributed by atoms with Crippen LogP contribution in [0, 0.1) is 21.6 Å². The van der Waals surface area contributed by atoms with E-state index in [-0.39, 0.29) is 22.8 Å². The molecule has 51 heavy (non-hydrogen) atoms. The Hall–Kier alpha value is -5.53. The largest absolute Gasteiger partial charge is 0.493 e. The molecule has 6 rings (SSSR count). The van der Waals surface area contributed by atoms with Gasteiger partial charge in [0.15, 0.2) is 11.5 Å². The van der Waals surface area contributed by atoms with Crippen molar-refractivity contribution in [3.05, 3.63) is 189 Å². The first-order valence-electron chi connectivity index (χ1n) is 15.6. The molecule has 0 saturated carbocycles. The number of nitrogens with one attached hydrogen (secondary N) is 4. The van der Waals surface area contributed by atoms with Gasteiger partial charge in [0, 0.05) is 43.4 Å². The van der Waals surface area contributed by atoms with Crippen molar-refractivity contribution >= 4 is 57.6 Å². The molecule has 0 atom stereocenters. The highest BCUT2D eigenvalue weighted by Crippen LogP contribution is 2.32. The van der Waals surface area contributed by atoms with Gasteiger partial charge < -0.3 is 9.47 Å². The summed E-state index contributed by atoms with van der Waals surface area (Å²) in [6.45, 7) is 0. The minimum atomic E-state index is 0.0628. The summed E-state index contributed by atoms with van der Waals surface area (Å²) in [6.07, 6.45) is 0. The predicted octanol–water partition coefficient (Wildman–Crippen LogP) is 11.6. The van der Waals surface area contributed by atoms with E-state index in [2.05, 4.69) is 0 Å². The third-order valence-corrected chi connectivity index (χ3v) is 8.47. The molecule has 0 aliphatic heterocycles. The van der Waals surface area contributed by atoms with E-state index in [1.807, 2.05) is 109 Å². The summed E-state index contributed by atoms with van der Waals surface area (Å²) in [6, 6.07) is 46.2. The molecule has 256 valence electrons. The lowest BCUT2D eigenvalue weighted by Crippen LogP contribution is -2.15. The molecule has 0 spiro atoms. The van der Waals surface area contributed by atoms with Crippen LogP contribution in [0.15, 0.2) is 152 Å². The van der Waals surface area contributed by atoms with Crippen LogP contribution in [0.2, 0.25) is 15.1 Å². The molecule has 0 aromatic heterocycles. The van der Waals surface area contributed by atoms with Crippen LogP contribution in [0.1, 0.15) is 22.3 Å². The number of benzene rings is 6. The van der Waals surface area contributed by atoms with Crippen molar-refractivity contribution in [1.29, 1.82) is 21.6 Å². The average Bonchev–Trinajstić information content (AvgIpc) is 3.18. The molecule has 0 fully saturated rings. The SMILES string of the molecule is COc1ccc(C(=N)C(=N)c2ccccc2Cl)cc1OC.Clc1ccccc1-c1ccccc1Cl.N=C(C(=N)c1ccccc1)c1ccccc1. The highest BCUT2D eigenvalue weighted by molar-refractivity contribution is 6.54. The third-order valence-electron chi connectivity index (χ3n) is 7.48. The molecule has 6 aromatic carbocycles. The summed E-state index contributed by atoms with van der Waals surface area (Å²) in [5.41, 5.74) is 5.24. The van der Waals surface area contributed by atoms with Crippen LogP contribution >= 0.6 is 34.8 Å². The monoisotopic (exact) mass is 732 g/mol. The molecular weight excluding hydrogens is 699 g/mol. The van der Waals surface area contributed by atoms with Gasteiger partial charge in [-0.15, -0.1) is 0 Å². The van der Waals surface area contributed by atoms with Gasteiger partial charge in [0.05, 0.1) is 42.1 Å². The Labute approximate surface area is 313 Å². The van der Waals surface area contributed by atoms with E-state index in [9.17, 15) is 0 Å². The van der Waals surface area contributed by atoms with Crippen LogP contribution in [-0.4, -0.2) is 37.1 Å². The Balaban J connectivity index is 0.000000175. The molecule has 0 unspecified atom stereocenters. The number of methoxy groups -OCH3 is 2. The standard InChI is InChI=1S/C16H15ClN2O2.C14H12N2.C12H8Cl2/c1-20-13-8-7-10(9-14(13)21-2)15(18)16(19)11-5-3-4-6-12(11)17;15-13(11-7-3-1-4-8-11)14(16)12-9-5-2-6-10-12;13-11-7-3-1-5-9(11)10-6-2-4-8-12(10)14/h3-9,18-19H,1-2H3;1-10,15-16H;1-8H. The number of hydrogen-bond donors (Lipinski definition) is 4. The highest BCUT2D eigenvalue weighted by atomic mass is 35.5. The molecule has 0 bridgehead atoms. The van der Waals surface area contributed by atoms with Crippen molar-refractivity contribution in [3.63, 3.8) is 0 Å². The molecule has 0 amide bonds. The maximum atomic E-state index is 8.19. The number of halogens is 3. The van der Waals surface area contributed by atoms with E-state index in [4.69, 9.17) is 65.9 Å². The van der Waals surface area contributed by atoms with Gasteiger partial charge in [-0.25, -0.2) is 0 Å². The van der Waals surface area contributed by atoms with Gasteiger partial charge >= 0.3 is 0 Å². The van der Waals surface area contributed by atoms with Gasteiger partial charge in [-0.05, 0) is 36.4 Å². The van der Waals surface area contributed by atoms with Crippen LogP contribution in [0.25, 0.3) is 11.1 Å². The topological polar surface area (TPSA) is 114 Å². The minimum absolute atomic E-state index is 0.0628. The summed E-state index contributed by atoms with van der Waals surface area (Å²) in [4.78, 5) is 0. The normalized spacial score (nSPS) is 9.98. The second kappa shape index (κ2) is 19.0. The predicted molar refractivity (Wildman–Crippen MR) is 213 cm³/mol. The Morgan fingerprint density at radius 3 is 1.22 bits per heavy atom. The van der Waals surface area contributed by atoms with Gasteiger partial charge in [-0.3, -0.25) is 21.6 Å². The van der Waals surface area contributed by atoms with Crippen LogP contribution in [-0.2, 0) is 0 Å². The van der Waals surface area contributed by atoms with E-state index in [1.54, 1.807) is 49.6 Å². The zero-order chi connectivity index (χ0) is 36.8. The molecule has 0 heterocycles. The first kappa shape index (κ1) is 38.3.